The number of hydrogen-bond acceptors (Lipinski definition) is 7. The second kappa shape index (κ2) is 14.5. The number of carbonyl (C=O) groups excluding carboxylic acids is 1. The lowest BCUT2D eigenvalue weighted by molar-refractivity contribution is 0.0495. The van der Waals surface area contributed by atoms with E-state index in [9.17, 15) is 13.2 Å². The number of sulfonamides is 1. The van der Waals surface area contributed by atoms with E-state index in [1.165, 1.54) is 0 Å². The topological polar surface area (TPSA) is 103 Å². The molecule has 9 nitrogen and oxygen atoms in total. The summed E-state index contributed by atoms with van der Waals surface area (Å²) in [6, 6.07) is 17.5. The number of hydrogen-bond donors (Lipinski definition) is 2. The molecule has 1 fully saturated rings. The molecule has 1 heterocycles. The van der Waals surface area contributed by atoms with Gasteiger partial charge in [0.2, 0.25) is 10.0 Å². The van der Waals surface area contributed by atoms with Crippen LogP contribution in [-0.4, -0.2) is 67.7 Å². The zero-order valence-electron chi connectivity index (χ0n) is 25.0. The summed E-state index contributed by atoms with van der Waals surface area (Å²) in [5.41, 5.74) is 3.07. The quantitative estimate of drug-likeness (QED) is 0.251. The van der Waals surface area contributed by atoms with Crippen LogP contribution in [0.1, 0.15) is 64.1 Å². The number of benzene rings is 2. The minimum Gasteiger partial charge on any atom is -0.444 e. The Morgan fingerprint density at radius 2 is 1.78 bits per heavy atom. The van der Waals surface area contributed by atoms with Crippen LogP contribution >= 0.6 is 0 Å². The molecule has 10 heteroatoms. The van der Waals surface area contributed by atoms with Gasteiger partial charge in [0.05, 0.1) is 18.3 Å². The Hall–Kier alpha value is -3.37. The van der Waals surface area contributed by atoms with Gasteiger partial charge in [0.25, 0.3) is 0 Å². The van der Waals surface area contributed by atoms with E-state index in [1.807, 2.05) is 75.2 Å². The number of likely N-dealkylation sites (tertiary alicyclic amines) is 1. The predicted molar refractivity (Wildman–Crippen MR) is 166 cm³/mol. The van der Waals surface area contributed by atoms with Crippen molar-refractivity contribution in [3.63, 3.8) is 0 Å². The maximum atomic E-state index is 12.5. The van der Waals surface area contributed by atoms with E-state index in [2.05, 4.69) is 21.5 Å². The van der Waals surface area contributed by atoms with Crippen LogP contribution in [-0.2, 0) is 21.2 Å². The van der Waals surface area contributed by atoms with Gasteiger partial charge < -0.3 is 15.0 Å². The molecule has 0 radical (unpaired) electrons. The molecule has 2 aromatic carbocycles. The highest BCUT2D eigenvalue weighted by Gasteiger charge is 2.25. The molecule has 2 aromatic rings. The number of alkyl carbamates (subject to hydrolysis) is 1. The van der Waals surface area contributed by atoms with Gasteiger partial charge in [0.1, 0.15) is 5.60 Å². The summed E-state index contributed by atoms with van der Waals surface area (Å²) in [6.45, 7) is 14.3. The van der Waals surface area contributed by atoms with Crippen molar-refractivity contribution < 1.29 is 17.9 Å². The van der Waals surface area contributed by atoms with E-state index in [0.717, 1.165) is 62.0 Å². The first-order valence-corrected chi connectivity index (χ1v) is 16.0. The lowest BCUT2D eigenvalue weighted by Crippen LogP contribution is -2.43. The summed E-state index contributed by atoms with van der Waals surface area (Å²) in [5, 5.41) is 9.87. The van der Waals surface area contributed by atoms with Crippen LogP contribution in [0.5, 0.6) is 0 Å². The molecule has 0 bridgehead atoms. The highest BCUT2D eigenvalue weighted by Crippen LogP contribution is 2.22. The van der Waals surface area contributed by atoms with Gasteiger partial charge in [-0.25, -0.2) is 13.2 Å². The molecule has 1 unspecified atom stereocenters. The zero-order valence-corrected chi connectivity index (χ0v) is 25.8. The van der Waals surface area contributed by atoms with Crippen molar-refractivity contribution in [2.24, 2.45) is 5.10 Å². The summed E-state index contributed by atoms with van der Waals surface area (Å²) >= 11 is 0. The number of anilines is 1. The van der Waals surface area contributed by atoms with Crippen molar-refractivity contribution in [2.75, 3.05) is 30.6 Å². The molecule has 1 atom stereocenters. The molecule has 3 rings (SSSR count). The minimum absolute atomic E-state index is 0.128. The van der Waals surface area contributed by atoms with Crippen LogP contribution in [0.3, 0.4) is 0 Å². The van der Waals surface area contributed by atoms with Gasteiger partial charge in [0, 0.05) is 43.7 Å². The molecule has 224 valence electrons. The van der Waals surface area contributed by atoms with E-state index >= 15 is 0 Å². The minimum atomic E-state index is -3.30. The van der Waals surface area contributed by atoms with Crippen LogP contribution in [0, 0.1) is 0 Å². The predicted octanol–water partition coefficient (Wildman–Crippen LogP) is 5.54. The highest BCUT2D eigenvalue weighted by atomic mass is 32.2. The molecule has 0 spiro atoms. The maximum Gasteiger partial charge on any atom is 0.408 e. The SMILES string of the molecule is C=CN(/N=C(\C)Cc1ccc(NS(C)(=O)=O)cc1)C1CCN(CCC(NC(=O)OC(C)(C)C)c2ccccc2)CC1. The molecule has 1 aliphatic heterocycles. The molecule has 2 N–H and O–H groups in total. The second-order valence-corrected chi connectivity index (χ2v) is 13.4. The van der Waals surface area contributed by atoms with Crippen molar-refractivity contribution in [3.05, 3.63) is 78.5 Å². The highest BCUT2D eigenvalue weighted by molar-refractivity contribution is 7.92. The first-order chi connectivity index (χ1) is 19.3. The van der Waals surface area contributed by atoms with Crippen molar-refractivity contribution in [3.8, 4) is 0 Å². The summed E-state index contributed by atoms with van der Waals surface area (Å²) in [7, 11) is -3.30. The fourth-order valence-corrected chi connectivity index (χ4v) is 5.44. The first kappa shape index (κ1) is 32.1. The Morgan fingerprint density at radius 1 is 1.15 bits per heavy atom. The van der Waals surface area contributed by atoms with Crippen LogP contribution in [0.15, 0.2) is 72.5 Å². The van der Waals surface area contributed by atoms with Gasteiger partial charge in [-0.1, -0.05) is 49.0 Å². The van der Waals surface area contributed by atoms with Crippen LogP contribution in [0.4, 0.5) is 10.5 Å². The number of piperidine rings is 1. The van der Waals surface area contributed by atoms with E-state index in [4.69, 9.17) is 9.84 Å². The van der Waals surface area contributed by atoms with Gasteiger partial charge in [0.15, 0.2) is 0 Å². The maximum absolute atomic E-state index is 12.5. The Bertz CT molecular complexity index is 1270. The number of rotatable bonds is 12. The smallest absolute Gasteiger partial charge is 0.408 e. The number of hydrazone groups is 1. The average molecular weight is 584 g/mol. The normalized spacial score (nSPS) is 16.1. The first-order valence-electron chi connectivity index (χ1n) is 14.1. The fourth-order valence-electron chi connectivity index (χ4n) is 4.88. The van der Waals surface area contributed by atoms with Crippen LogP contribution in [0.25, 0.3) is 0 Å². The number of ether oxygens (including phenoxy) is 1. The standard InChI is InChI=1S/C31H45N5O4S/c1-7-36(33-24(2)23-25-13-15-27(16-14-25)34-41(6,38)39)28-17-20-35(21-18-28)22-19-29(26-11-9-8-10-12-26)32-30(37)40-31(3,4)5/h7-16,28-29,34H,1,17-23H2,2-6H3,(H,32,37)/b33-24+. The Labute approximate surface area is 245 Å². The number of nitrogens with zero attached hydrogens (tertiary/aromatic N) is 3. The third kappa shape index (κ3) is 11.6. The largest absolute Gasteiger partial charge is 0.444 e. The molecule has 0 saturated carbocycles. The number of nitrogens with one attached hydrogen (secondary N) is 2. The van der Waals surface area contributed by atoms with Crippen molar-refractivity contribution in [1.82, 2.24) is 15.2 Å². The summed E-state index contributed by atoms with van der Waals surface area (Å²) in [6.07, 6.45) is 5.90. The molecular weight excluding hydrogens is 538 g/mol. The summed E-state index contributed by atoms with van der Waals surface area (Å²) < 4.78 is 30.8. The lowest BCUT2D eigenvalue weighted by Gasteiger charge is -2.36. The molecular formula is C31H45N5O4S. The summed E-state index contributed by atoms with van der Waals surface area (Å²) in [4.78, 5) is 15.0. The Morgan fingerprint density at radius 3 is 2.34 bits per heavy atom. The lowest BCUT2D eigenvalue weighted by atomic mass is 10.0. The van der Waals surface area contributed by atoms with Crippen LogP contribution < -0.4 is 10.0 Å². The average Bonchev–Trinajstić information content (AvgIpc) is 2.90. The Kier molecular flexibility index (Phi) is 11.4. The van der Waals surface area contributed by atoms with Gasteiger partial charge >= 0.3 is 6.09 Å². The number of carbonyl (C=O) groups is 1. The molecule has 41 heavy (non-hydrogen) atoms. The van der Waals surface area contributed by atoms with Gasteiger partial charge in [-0.05, 0) is 70.2 Å². The van der Waals surface area contributed by atoms with E-state index < -0.39 is 21.7 Å². The van der Waals surface area contributed by atoms with Crippen molar-refractivity contribution in [2.45, 2.75) is 71.1 Å². The summed E-state index contributed by atoms with van der Waals surface area (Å²) in [5.74, 6) is 0. The van der Waals surface area contributed by atoms with Gasteiger partial charge in [-0.15, -0.1) is 0 Å². The zero-order chi connectivity index (χ0) is 30.0. The Balaban J connectivity index is 1.52. The van der Waals surface area contributed by atoms with Crippen molar-refractivity contribution >= 4 is 27.5 Å². The molecule has 1 saturated heterocycles. The van der Waals surface area contributed by atoms with Gasteiger partial charge in [-0.2, -0.15) is 5.10 Å². The van der Waals surface area contributed by atoms with Crippen molar-refractivity contribution in [1.29, 1.82) is 0 Å². The number of amides is 1. The fraction of sp³-hybridized carbons (Fsp3) is 0.484. The van der Waals surface area contributed by atoms with Gasteiger partial charge in [-0.3, -0.25) is 9.73 Å². The second-order valence-electron chi connectivity index (χ2n) is 11.6. The third-order valence-corrected chi connectivity index (χ3v) is 7.36. The van der Waals surface area contributed by atoms with E-state index in [1.54, 1.807) is 18.3 Å². The van der Waals surface area contributed by atoms with E-state index in [-0.39, 0.29) is 12.1 Å². The third-order valence-electron chi connectivity index (χ3n) is 6.75. The molecule has 1 aliphatic rings. The molecule has 0 aliphatic carbocycles. The molecule has 0 aromatic heterocycles. The molecule has 1 amide bonds. The monoisotopic (exact) mass is 583 g/mol. The van der Waals surface area contributed by atoms with E-state index in [0.29, 0.717) is 12.1 Å². The van der Waals surface area contributed by atoms with Crippen LogP contribution in [0.2, 0.25) is 0 Å².